The third kappa shape index (κ3) is 10.3. The number of ether oxygens (including phenoxy) is 6. The van der Waals surface area contributed by atoms with Crippen LogP contribution in [0.15, 0.2) is 170 Å². The Hall–Kier alpha value is -5.12. The molecule has 0 aliphatic carbocycles. The van der Waals surface area contributed by atoms with Gasteiger partial charge in [-0.25, -0.2) is 0 Å². The van der Waals surface area contributed by atoms with Crippen molar-refractivity contribution >= 4 is 21.4 Å². The van der Waals surface area contributed by atoms with Crippen LogP contribution in [0.5, 0.6) is 5.75 Å². The molecule has 5 atom stereocenters. The second-order valence-corrected chi connectivity index (χ2v) is 15.6. The van der Waals surface area contributed by atoms with Crippen molar-refractivity contribution in [2.75, 3.05) is 13.7 Å². The summed E-state index contributed by atoms with van der Waals surface area (Å²) in [6.07, 6.45) is -1.64. The molecule has 1 fully saturated rings. The highest BCUT2D eigenvalue weighted by atomic mass is 32.1. The zero-order valence-electron chi connectivity index (χ0n) is 32.2. The van der Waals surface area contributed by atoms with Crippen molar-refractivity contribution in [3.05, 3.63) is 208 Å². The summed E-state index contributed by atoms with van der Waals surface area (Å²) < 4.78 is 41.2. The van der Waals surface area contributed by atoms with Gasteiger partial charge in [-0.1, -0.05) is 146 Å². The molecular formula is C50H48O6S. The fourth-order valence-electron chi connectivity index (χ4n) is 7.43. The number of fused-ring (bicyclic) bond motifs is 1. The minimum absolute atomic E-state index is 0.312. The fourth-order valence-corrected chi connectivity index (χ4v) is 8.51. The first-order chi connectivity index (χ1) is 28.2. The van der Waals surface area contributed by atoms with Gasteiger partial charge in [0.1, 0.15) is 36.3 Å². The fraction of sp³-hybridized carbons (Fsp3) is 0.240. The third-order valence-corrected chi connectivity index (χ3v) is 11.4. The highest BCUT2D eigenvalue weighted by Gasteiger charge is 2.49. The van der Waals surface area contributed by atoms with Crippen LogP contribution in [-0.4, -0.2) is 38.1 Å². The molecule has 0 spiro atoms. The predicted octanol–water partition coefficient (Wildman–Crippen LogP) is 10.9. The van der Waals surface area contributed by atoms with E-state index in [4.69, 9.17) is 28.4 Å². The molecule has 0 amide bonds. The smallest absolute Gasteiger partial charge is 0.119 e. The lowest BCUT2D eigenvalue weighted by molar-refractivity contribution is -0.275. The van der Waals surface area contributed by atoms with E-state index in [0.29, 0.717) is 33.0 Å². The molecule has 6 aromatic carbocycles. The van der Waals surface area contributed by atoms with Crippen molar-refractivity contribution in [1.29, 1.82) is 0 Å². The Morgan fingerprint density at radius 1 is 0.509 bits per heavy atom. The average molecular weight is 777 g/mol. The Balaban J connectivity index is 1.14. The second-order valence-electron chi connectivity index (χ2n) is 14.4. The quantitative estimate of drug-likeness (QED) is 0.0918. The Bertz CT molecular complexity index is 2260. The molecule has 1 aliphatic rings. The van der Waals surface area contributed by atoms with Gasteiger partial charge in [-0.3, -0.25) is 0 Å². The van der Waals surface area contributed by atoms with E-state index in [1.807, 2.05) is 90.2 Å². The van der Waals surface area contributed by atoms with Crippen molar-refractivity contribution in [3.63, 3.8) is 0 Å². The number of thiophene rings is 1. The van der Waals surface area contributed by atoms with Crippen LogP contribution in [0.4, 0.5) is 0 Å². The molecule has 0 unspecified atom stereocenters. The first-order valence-electron chi connectivity index (χ1n) is 19.6. The summed E-state index contributed by atoms with van der Waals surface area (Å²) in [5, 5.41) is 1.19. The van der Waals surface area contributed by atoms with E-state index in [1.54, 1.807) is 7.11 Å². The van der Waals surface area contributed by atoms with Gasteiger partial charge < -0.3 is 28.4 Å². The van der Waals surface area contributed by atoms with E-state index >= 15 is 0 Å². The standard InChI is InChI=1S/C50H48O6S/c1-51-43-25-26-46-42(29-43)30-44(57-46)28-40-23-14-24-41(27-40)47-49(54-33-38-19-10-4-11-20-38)50(55-34-39-21-12-5-13-22-39)48(53-32-37-17-8-3-9-18-37)45(56-47)35-52-31-36-15-6-2-7-16-36/h2-27,29-30,45,47-50H,28,31-35H2,1H3/t45-,47+,48-,49+,50+/m1/s1. The zero-order chi connectivity index (χ0) is 38.7. The van der Waals surface area contributed by atoms with Crippen molar-refractivity contribution < 1.29 is 28.4 Å². The van der Waals surface area contributed by atoms with E-state index in [9.17, 15) is 0 Å². The molecule has 0 radical (unpaired) electrons. The summed E-state index contributed by atoms with van der Waals surface area (Å²) in [7, 11) is 1.71. The van der Waals surface area contributed by atoms with Crippen LogP contribution in [0.25, 0.3) is 10.1 Å². The van der Waals surface area contributed by atoms with Crippen molar-refractivity contribution in [2.45, 2.75) is 63.4 Å². The second kappa shape index (κ2) is 19.4. The molecule has 6 nitrogen and oxygen atoms in total. The Morgan fingerprint density at radius 3 is 1.65 bits per heavy atom. The maximum Gasteiger partial charge on any atom is 0.119 e. The molecule has 0 saturated carbocycles. The molecule has 2 heterocycles. The lowest BCUT2D eigenvalue weighted by atomic mass is 9.89. The zero-order valence-corrected chi connectivity index (χ0v) is 33.0. The van der Waals surface area contributed by atoms with Crippen LogP contribution in [0, 0.1) is 0 Å². The number of benzene rings is 6. The van der Waals surface area contributed by atoms with Crippen LogP contribution in [-0.2, 0) is 56.5 Å². The van der Waals surface area contributed by atoms with Gasteiger partial charge in [-0.05, 0) is 63.0 Å². The summed E-state index contributed by atoms with van der Waals surface area (Å²) in [6.45, 7) is 1.94. The molecule has 1 aliphatic heterocycles. The van der Waals surface area contributed by atoms with Crippen molar-refractivity contribution in [1.82, 2.24) is 0 Å². The van der Waals surface area contributed by atoms with E-state index in [0.717, 1.165) is 40.0 Å². The normalized spacial score (nSPS) is 19.4. The van der Waals surface area contributed by atoms with Gasteiger partial charge in [-0.2, -0.15) is 0 Å². The number of hydrogen-bond acceptors (Lipinski definition) is 7. The largest absolute Gasteiger partial charge is 0.497 e. The minimum atomic E-state index is -0.507. The molecular weight excluding hydrogens is 729 g/mol. The van der Waals surface area contributed by atoms with Gasteiger partial charge in [0.2, 0.25) is 0 Å². The van der Waals surface area contributed by atoms with E-state index in [-0.39, 0.29) is 0 Å². The van der Waals surface area contributed by atoms with E-state index in [2.05, 4.69) is 91.0 Å². The lowest BCUT2D eigenvalue weighted by Gasteiger charge is -2.46. The molecule has 1 saturated heterocycles. The first-order valence-corrected chi connectivity index (χ1v) is 20.4. The number of methoxy groups -OCH3 is 1. The van der Waals surface area contributed by atoms with Gasteiger partial charge in [0.05, 0.1) is 40.1 Å². The Labute approximate surface area is 339 Å². The van der Waals surface area contributed by atoms with Crippen LogP contribution in [0.1, 0.15) is 44.4 Å². The van der Waals surface area contributed by atoms with Gasteiger partial charge >= 0.3 is 0 Å². The minimum Gasteiger partial charge on any atom is -0.497 e. The SMILES string of the molecule is COc1ccc2sc(Cc3cccc([C@@H]4O[C@H](COCc5ccccc5)[C@@H](OCc5ccccc5)[C@H](OCc5ccccc5)[C@H]4OCc4ccccc4)c3)cc2c1. The first kappa shape index (κ1) is 38.7. The topological polar surface area (TPSA) is 55.4 Å². The number of hydrogen-bond donors (Lipinski definition) is 0. The molecule has 7 heteroatoms. The predicted molar refractivity (Wildman–Crippen MR) is 226 cm³/mol. The third-order valence-electron chi connectivity index (χ3n) is 10.3. The highest BCUT2D eigenvalue weighted by molar-refractivity contribution is 7.19. The van der Waals surface area contributed by atoms with Crippen molar-refractivity contribution in [2.24, 2.45) is 0 Å². The summed E-state index contributed by atoms with van der Waals surface area (Å²) in [4.78, 5) is 1.28. The van der Waals surface area contributed by atoms with Gasteiger partial charge in [0.25, 0.3) is 0 Å². The summed E-state index contributed by atoms with van der Waals surface area (Å²) in [5.41, 5.74) is 6.53. The average Bonchev–Trinajstić information content (AvgIpc) is 3.67. The Morgan fingerprint density at radius 2 is 1.05 bits per heavy atom. The van der Waals surface area contributed by atoms with Crippen molar-refractivity contribution in [3.8, 4) is 5.75 Å². The Kier molecular flexibility index (Phi) is 13.2. The van der Waals surface area contributed by atoms with E-state index in [1.165, 1.54) is 20.5 Å². The number of rotatable bonds is 17. The van der Waals surface area contributed by atoms with Gasteiger partial charge in [-0.15, -0.1) is 11.3 Å². The molecule has 7 aromatic rings. The molecule has 8 rings (SSSR count). The summed E-state index contributed by atoms with van der Waals surface area (Å²) in [6, 6.07) is 58.2. The summed E-state index contributed by atoms with van der Waals surface area (Å²) >= 11 is 1.81. The van der Waals surface area contributed by atoms with Gasteiger partial charge in [0, 0.05) is 16.0 Å². The highest BCUT2D eigenvalue weighted by Crippen LogP contribution is 2.39. The van der Waals surface area contributed by atoms with E-state index < -0.39 is 30.5 Å². The van der Waals surface area contributed by atoms with Crippen LogP contribution < -0.4 is 4.74 Å². The lowest BCUT2D eigenvalue weighted by Crippen LogP contribution is -2.58. The molecule has 57 heavy (non-hydrogen) atoms. The summed E-state index contributed by atoms with van der Waals surface area (Å²) in [5.74, 6) is 0.863. The molecule has 290 valence electrons. The molecule has 1 aromatic heterocycles. The molecule has 0 N–H and O–H groups in total. The maximum absolute atomic E-state index is 7.21. The monoisotopic (exact) mass is 776 g/mol. The molecule has 0 bridgehead atoms. The van der Waals surface area contributed by atoms with Gasteiger partial charge in [0.15, 0.2) is 0 Å². The van der Waals surface area contributed by atoms with Crippen LogP contribution in [0.2, 0.25) is 0 Å². The maximum atomic E-state index is 7.21. The van der Waals surface area contributed by atoms with Crippen LogP contribution >= 0.6 is 11.3 Å². The van der Waals surface area contributed by atoms with Crippen LogP contribution in [0.3, 0.4) is 0 Å².